The number of amides is 1. The number of ether oxygens (including phenoxy) is 1. The third kappa shape index (κ3) is 3.11. The maximum Gasteiger partial charge on any atom is 0.407 e. The van der Waals surface area contributed by atoms with Crippen LogP contribution in [0, 0.1) is 17.2 Å². The third-order valence-electron chi connectivity index (χ3n) is 7.80. The molecule has 3 aliphatic heterocycles. The molecule has 1 spiro atoms. The van der Waals surface area contributed by atoms with Gasteiger partial charge in [-0.1, -0.05) is 30.3 Å². The van der Waals surface area contributed by atoms with Gasteiger partial charge in [-0.3, -0.25) is 4.90 Å². The van der Waals surface area contributed by atoms with Gasteiger partial charge in [-0.05, 0) is 90.9 Å². The van der Waals surface area contributed by atoms with Crippen molar-refractivity contribution >= 4 is 6.09 Å². The molecule has 0 aromatic heterocycles. The van der Waals surface area contributed by atoms with Crippen molar-refractivity contribution < 1.29 is 13.9 Å². The molecule has 5 aliphatic rings. The van der Waals surface area contributed by atoms with Gasteiger partial charge in [0.05, 0.1) is 6.04 Å². The first kappa shape index (κ1) is 18.4. The van der Waals surface area contributed by atoms with Crippen molar-refractivity contribution in [2.24, 2.45) is 11.3 Å². The Bertz CT molecular complexity index is 977. The number of piperidine rings is 3. The lowest BCUT2D eigenvalue weighted by molar-refractivity contribution is -0.0344. The van der Waals surface area contributed by atoms with Gasteiger partial charge in [0.25, 0.3) is 0 Å². The minimum absolute atomic E-state index is 0.0309. The Labute approximate surface area is 176 Å². The molecule has 1 unspecified atom stereocenters. The summed E-state index contributed by atoms with van der Waals surface area (Å²) in [6, 6.07) is 13.1. The Kier molecular flexibility index (Phi) is 4.17. The Balaban J connectivity index is 1.20. The van der Waals surface area contributed by atoms with Crippen LogP contribution in [0.1, 0.15) is 42.9 Å². The molecule has 4 nitrogen and oxygen atoms in total. The van der Waals surface area contributed by atoms with Crippen LogP contribution in [0.4, 0.5) is 9.18 Å². The second-order valence-corrected chi connectivity index (χ2v) is 9.62. The van der Waals surface area contributed by atoms with Crippen molar-refractivity contribution in [2.45, 2.75) is 44.2 Å². The van der Waals surface area contributed by atoms with Gasteiger partial charge in [-0.25, -0.2) is 9.18 Å². The first-order valence-corrected chi connectivity index (χ1v) is 11.2. The maximum absolute atomic E-state index is 13.3. The molecule has 1 saturated carbocycles. The van der Waals surface area contributed by atoms with Crippen molar-refractivity contribution in [3.8, 4) is 11.1 Å². The second kappa shape index (κ2) is 6.81. The zero-order chi connectivity index (χ0) is 20.3. The van der Waals surface area contributed by atoms with Gasteiger partial charge in [0, 0.05) is 6.54 Å². The lowest BCUT2D eigenvalue weighted by Crippen LogP contribution is -2.52. The lowest BCUT2D eigenvalue weighted by atomic mass is 9.86. The van der Waals surface area contributed by atoms with E-state index >= 15 is 0 Å². The van der Waals surface area contributed by atoms with E-state index in [1.165, 1.54) is 23.3 Å². The summed E-state index contributed by atoms with van der Waals surface area (Å²) in [4.78, 5) is 15.2. The smallest absolute Gasteiger partial charge is 0.407 e. The number of nitrogens with zero attached hydrogens (tertiary/aromatic N) is 1. The highest BCUT2D eigenvalue weighted by Gasteiger charge is 2.55. The topological polar surface area (TPSA) is 41.6 Å². The fraction of sp³-hybridized carbons (Fsp3) is 0.480. The summed E-state index contributed by atoms with van der Waals surface area (Å²) >= 11 is 0. The van der Waals surface area contributed by atoms with Gasteiger partial charge in [0.2, 0.25) is 0 Å². The average molecular weight is 407 g/mol. The van der Waals surface area contributed by atoms with E-state index in [9.17, 15) is 9.18 Å². The number of carbonyl (C=O) groups excluding carboxylic acids is 1. The van der Waals surface area contributed by atoms with E-state index in [4.69, 9.17) is 4.74 Å². The Morgan fingerprint density at radius 1 is 1.07 bits per heavy atom. The predicted molar refractivity (Wildman–Crippen MR) is 113 cm³/mol. The minimum Gasteiger partial charge on any atom is -0.445 e. The summed E-state index contributed by atoms with van der Waals surface area (Å²) in [6.07, 6.45) is 5.31. The summed E-state index contributed by atoms with van der Waals surface area (Å²) in [7, 11) is 0. The summed E-state index contributed by atoms with van der Waals surface area (Å²) in [5.41, 5.74) is 4.77. The molecule has 1 amide bonds. The van der Waals surface area contributed by atoms with Crippen LogP contribution in [0.5, 0.6) is 0 Å². The fourth-order valence-corrected chi connectivity index (χ4v) is 5.86. The number of carbonyl (C=O) groups is 1. The quantitative estimate of drug-likeness (QED) is 0.804. The molecule has 156 valence electrons. The molecule has 4 fully saturated rings. The van der Waals surface area contributed by atoms with Crippen molar-refractivity contribution in [3.63, 3.8) is 0 Å². The number of rotatable bonds is 3. The van der Waals surface area contributed by atoms with Crippen LogP contribution >= 0.6 is 0 Å². The summed E-state index contributed by atoms with van der Waals surface area (Å²) < 4.78 is 19.2. The van der Waals surface area contributed by atoms with Gasteiger partial charge >= 0.3 is 6.09 Å². The maximum atomic E-state index is 13.3. The molecule has 1 N–H and O–H groups in total. The molecule has 2 aliphatic carbocycles. The van der Waals surface area contributed by atoms with Gasteiger partial charge < -0.3 is 10.1 Å². The van der Waals surface area contributed by atoms with Crippen LogP contribution in [0.25, 0.3) is 11.1 Å². The average Bonchev–Trinajstić information content (AvgIpc) is 3.47. The molecule has 2 aromatic carbocycles. The number of benzene rings is 2. The van der Waals surface area contributed by atoms with Crippen molar-refractivity contribution in [1.82, 2.24) is 10.2 Å². The van der Waals surface area contributed by atoms with E-state index in [2.05, 4.69) is 28.4 Å². The van der Waals surface area contributed by atoms with E-state index < -0.39 is 0 Å². The van der Waals surface area contributed by atoms with E-state index in [0.29, 0.717) is 5.92 Å². The lowest BCUT2D eigenvalue weighted by Gasteiger charge is -2.44. The number of nitrogens with one attached hydrogen (secondary N) is 1. The SMILES string of the molecule is O=C(NC1c2ccc(-c3ccc(F)cc3)cc2CC12CC2)O[C@H]1CN2CCC1CC2. The normalized spacial score (nSPS) is 30.2. The van der Waals surface area contributed by atoms with E-state index in [0.717, 1.165) is 62.9 Å². The van der Waals surface area contributed by atoms with Crippen LogP contribution in [-0.2, 0) is 11.2 Å². The molecule has 7 rings (SSSR count). The van der Waals surface area contributed by atoms with Crippen LogP contribution < -0.4 is 5.32 Å². The highest BCUT2D eigenvalue weighted by molar-refractivity contribution is 5.70. The Morgan fingerprint density at radius 3 is 2.47 bits per heavy atom. The van der Waals surface area contributed by atoms with E-state index in [1.807, 2.05) is 12.1 Å². The third-order valence-corrected chi connectivity index (χ3v) is 7.80. The molecule has 2 bridgehead atoms. The Hall–Kier alpha value is -2.40. The number of alkyl carbamates (subject to hydrolysis) is 1. The van der Waals surface area contributed by atoms with Crippen molar-refractivity contribution in [3.05, 3.63) is 59.4 Å². The van der Waals surface area contributed by atoms with Crippen LogP contribution in [0.2, 0.25) is 0 Å². The van der Waals surface area contributed by atoms with Gasteiger partial charge in [0.15, 0.2) is 0 Å². The standard InChI is InChI=1S/C25H27FN2O2/c26-20-4-1-16(2-5-20)18-3-6-21-19(13-18)14-25(9-10-25)23(21)27-24(29)30-22-15-28-11-7-17(22)8-12-28/h1-6,13,17,22-23H,7-12,14-15H2,(H,27,29)/t22-,23?/m0/s1. The molecule has 30 heavy (non-hydrogen) atoms. The van der Waals surface area contributed by atoms with Gasteiger partial charge in [0.1, 0.15) is 11.9 Å². The summed E-state index contributed by atoms with van der Waals surface area (Å²) in [5.74, 6) is 0.298. The monoisotopic (exact) mass is 406 g/mol. The predicted octanol–water partition coefficient (Wildman–Crippen LogP) is 4.69. The second-order valence-electron chi connectivity index (χ2n) is 9.62. The number of halogens is 1. The highest BCUT2D eigenvalue weighted by Crippen LogP contribution is 2.62. The van der Waals surface area contributed by atoms with Crippen LogP contribution in [0.3, 0.4) is 0 Å². The van der Waals surface area contributed by atoms with Crippen molar-refractivity contribution in [2.75, 3.05) is 19.6 Å². The fourth-order valence-electron chi connectivity index (χ4n) is 5.86. The zero-order valence-corrected chi connectivity index (χ0v) is 17.1. The highest BCUT2D eigenvalue weighted by atomic mass is 19.1. The van der Waals surface area contributed by atoms with Gasteiger partial charge in [-0.2, -0.15) is 0 Å². The van der Waals surface area contributed by atoms with Crippen LogP contribution in [-0.4, -0.2) is 36.7 Å². The Morgan fingerprint density at radius 2 is 1.80 bits per heavy atom. The summed E-state index contributed by atoms with van der Waals surface area (Å²) in [6.45, 7) is 3.16. The van der Waals surface area contributed by atoms with E-state index in [1.54, 1.807) is 0 Å². The largest absolute Gasteiger partial charge is 0.445 e. The molecule has 5 heteroatoms. The molecule has 3 saturated heterocycles. The first-order valence-electron chi connectivity index (χ1n) is 11.2. The number of fused-ring (bicyclic) bond motifs is 4. The van der Waals surface area contributed by atoms with Crippen LogP contribution in [0.15, 0.2) is 42.5 Å². The molecular formula is C25H27FN2O2. The molecule has 0 radical (unpaired) electrons. The molecule has 2 aromatic rings. The zero-order valence-electron chi connectivity index (χ0n) is 17.1. The van der Waals surface area contributed by atoms with E-state index in [-0.39, 0.29) is 29.5 Å². The number of hydrogen-bond acceptors (Lipinski definition) is 3. The molecular weight excluding hydrogens is 379 g/mol. The molecule has 2 atom stereocenters. The first-order chi connectivity index (χ1) is 14.6. The molecule has 3 heterocycles. The van der Waals surface area contributed by atoms with Crippen molar-refractivity contribution in [1.29, 1.82) is 0 Å². The van der Waals surface area contributed by atoms with Gasteiger partial charge in [-0.15, -0.1) is 0 Å². The number of hydrogen-bond donors (Lipinski definition) is 1. The minimum atomic E-state index is -0.263. The summed E-state index contributed by atoms with van der Waals surface area (Å²) in [5, 5.41) is 3.23.